The number of carboxylic acid groups (broad SMARTS) is 1. The number of aliphatic carboxylic acids is 1. The minimum absolute atomic E-state index is 0.0208. The number of rotatable bonds is 6. The molecule has 2 aromatic carbocycles. The third kappa shape index (κ3) is 7.89. The molecule has 2 aliphatic rings. The van der Waals surface area contributed by atoms with E-state index in [1.54, 1.807) is 6.07 Å². The third-order valence-corrected chi connectivity index (χ3v) is 5.48. The molecule has 0 saturated carbocycles. The number of piperidine rings is 1. The number of alkyl halides is 3. The molecule has 13 heteroatoms. The van der Waals surface area contributed by atoms with Crippen molar-refractivity contribution in [2.75, 3.05) is 31.6 Å². The molecule has 0 bridgehead atoms. The van der Waals surface area contributed by atoms with Gasteiger partial charge in [-0.2, -0.15) is 13.2 Å². The van der Waals surface area contributed by atoms with Gasteiger partial charge in [-0.05, 0) is 24.3 Å². The number of carbonyl (C=O) groups excluding carboxylic acids is 1. The topological polar surface area (TPSA) is 138 Å². The second kappa shape index (κ2) is 11.6. The highest BCUT2D eigenvalue weighted by molar-refractivity contribution is 5.90. The number of ether oxygens (including phenoxy) is 3. The number of carboxylic acids is 1. The van der Waals surface area contributed by atoms with Gasteiger partial charge in [0, 0.05) is 45.5 Å². The second-order valence-corrected chi connectivity index (χ2v) is 8.49. The average molecular weight is 528 g/mol. The molecule has 0 radical (unpaired) electrons. The number of aromatic hydroxyl groups is 1. The van der Waals surface area contributed by atoms with Crippen LogP contribution in [0.2, 0.25) is 0 Å². The first-order valence-corrected chi connectivity index (χ1v) is 11.3. The number of hydrogen-bond acceptors (Lipinski definition) is 8. The zero-order valence-electron chi connectivity index (χ0n) is 19.8. The van der Waals surface area contributed by atoms with Gasteiger partial charge < -0.3 is 39.7 Å². The molecule has 0 aromatic heterocycles. The summed E-state index contributed by atoms with van der Waals surface area (Å²) in [7, 11) is 0. The van der Waals surface area contributed by atoms with Crippen molar-refractivity contribution in [3.05, 3.63) is 42.5 Å². The summed E-state index contributed by atoms with van der Waals surface area (Å²) >= 11 is 0. The largest absolute Gasteiger partial charge is 0.508 e. The van der Waals surface area contributed by atoms with Gasteiger partial charge >= 0.3 is 12.1 Å². The Balaban J connectivity index is 0.000000479. The SMILES string of the molecule is CC(=O)Nc1ccc(O)cc1OC[C@@H](O)CN1CCC2(CC1)Oc1ccccc1O2.O=C(O)C(F)(F)F. The predicted octanol–water partition coefficient (Wildman–Crippen LogP) is 2.99. The summed E-state index contributed by atoms with van der Waals surface area (Å²) in [5, 5.41) is 29.9. The van der Waals surface area contributed by atoms with E-state index in [9.17, 15) is 28.2 Å². The number of β-amino-alcohol motifs (C(OH)–C–C–N with tert-alkyl or cyclic N) is 1. The molecular weight excluding hydrogens is 501 g/mol. The minimum atomic E-state index is -5.08. The van der Waals surface area contributed by atoms with Crippen molar-refractivity contribution in [3.8, 4) is 23.0 Å². The van der Waals surface area contributed by atoms with E-state index in [4.69, 9.17) is 24.1 Å². The van der Waals surface area contributed by atoms with Gasteiger partial charge in [0.15, 0.2) is 11.5 Å². The fraction of sp³-hybridized carbons (Fsp3) is 0.417. The van der Waals surface area contributed by atoms with E-state index in [0.29, 0.717) is 30.8 Å². The van der Waals surface area contributed by atoms with Crippen molar-refractivity contribution in [1.29, 1.82) is 0 Å². The zero-order valence-corrected chi connectivity index (χ0v) is 19.8. The maximum absolute atomic E-state index is 11.3. The van der Waals surface area contributed by atoms with E-state index in [0.717, 1.165) is 24.6 Å². The van der Waals surface area contributed by atoms with Gasteiger partial charge in [-0.25, -0.2) is 4.79 Å². The van der Waals surface area contributed by atoms with Crippen LogP contribution in [0.1, 0.15) is 19.8 Å². The number of para-hydroxylation sites is 2. The molecule has 1 fully saturated rings. The van der Waals surface area contributed by atoms with Crippen molar-refractivity contribution in [2.45, 2.75) is 37.8 Å². The van der Waals surface area contributed by atoms with Gasteiger partial charge in [-0.1, -0.05) is 12.1 Å². The van der Waals surface area contributed by atoms with Gasteiger partial charge in [0.2, 0.25) is 5.91 Å². The summed E-state index contributed by atoms with van der Waals surface area (Å²) in [4.78, 5) is 22.4. The summed E-state index contributed by atoms with van der Waals surface area (Å²) in [6, 6.07) is 12.1. The highest BCUT2D eigenvalue weighted by Gasteiger charge is 2.44. The number of aliphatic hydroxyl groups excluding tert-OH is 1. The smallest absolute Gasteiger partial charge is 0.490 e. The Morgan fingerprint density at radius 1 is 1.14 bits per heavy atom. The number of phenols is 1. The number of anilines is 1. The van der Waals surface area contributed by atoms with Gasteiger partial charge in [0.05, 0.1) is 5.69 Å². The van der Waals surface area contributed by atoms with Crippen molar-refractivity contribution >= 4 is 17.6 Å². The number of likely N-dealkylation sites (tertiary alicyclic amines) is 1. The van der Waals surface area contributed by atoms with Crippen LogP contribution in [0.3, 0.4) is 0 Å². The normalized spacial score (nSPS) is 16.9. The standard InChI is InChI=1S/C22H26N2O6.C2HF3O2/c1-15(25)23-18-7-6-16(26)12-21(18)28-14-17(27)13-24-10-8-22(9-11-24)29-19-4-2-3-5-20(19)30-22;3-2(4,5)1(6)7/h2-7,12,17,26-27H,8-11,13-14H2,1H3,(H,23,25);(H,6,7)/t17-;/m0./s1. The Hall–Kier alpha value is -3.71. The van der Waals surface area contributed by atoms with Gasteiger partial charge in [0.25, 0.3) is 5.79 Å². The molecule has 1 atom stereocenters. The molecule has 1 spiro atoms. The van der Waals surface area contributed by atoms with Gasteiger partial charge in [-0.15, -0.1) is 0 Å². The summed E-state index contributed by atoms with van der Waals surface area (Å²) in [6.07, 6.45) is -4.41. The van der Waals surface area contributed by atoms with Crippen molar-refractivity contribution in [1.82, 2.24) is 4.90 Å². The number of benzene rings is 2. The van der Waals surface area contributed by atoms with E-state index >= 15 is 0 Å². The molecular formula is C24H27F3N2O8. The van der Waals surface area contributed by atoms with Crippen LogP contribution in [0.25, 0.3) is 0 Å². The van der Waals surface area contributed by atoms with Crippen LogP contribution in [0.15, 0.2) is 42.5 Å². The number of hydrogen-bond donors (Lipinski definition) is 4. The lowest BCUT2D eigenvalue weighted by molar-refractivity contribution is -0.192. The first-order valence-electron chi connectivity index (χ1n) is 11.3. The Morgan fingerprint density at radius 3 is 2.22 bits per heavy atom. The molecule has 2 heterocycles. The third-order valence-electron chi connectivity index (χ3n) is 5.48. The quantitative estimate of drug-likeness (QED) is 0.417. The van der Waals surface area contributed by atoms with Crippen molar-refractivity contribution in [3.63, 3.8) is 0 Å². The molecule has 202 valence electrons. The summed E-state index contributed by atoms with van der Waals surface area (Å²) in [5.74, 6) is -1.73. The maximum atomic E-state index is 11.3. The van der Waals surface area contributed by atoms with Gasteiger partial charge in [0.1, 0.15) is 24.2 Å². The van der Waals surface area contributed by atoms with Crippen LogP contribution in [-0.2, 0) is 9.59 Å². The molecule has 0 aliphatic carbocycles. The van der Waals surface area contributed by atoms with Crippen molar-refractivity contribution < 1.29 is 52.3 Å². The number of phenolic OH excluding ortho intramolecular Hbond substituents is 1. The lowest BCUT2D eigenvalue weighted by Gasteiger charge is -2.38. The molecule has 10 nitrogen and oxygen atoms in total. The average Bonchev–Trinajstić information content (AvgIpc) is 3.18. The molecule has 4 rings (SSSR count). The highest BCUT2D eigenvalue weighted by Crippen LogP contribution is 2.43. The number of halogens is 3. The second-order valence-electron chi connectivity index (χ2n) is 8.49. The lowest BCUT2D eigenvalue weighted by atomic mass is 10.0. The molecule has 1 saturated heterocycles. The van der Waals surface area contributed by atoms with E-state index < -0.39 is 24.0 Å². The molecule has 1 amide bonds. The molecule has 2 aliphatic heterocycles. The van der Waals surface area contributed by atoms with Crippen LogP contribution in [-0.4, -0.2) is 76.4 Å². The van der Waals surface area contributed by atoms with Crippen LogP contribution in [0.4, 0.5) is 18.9 Å². The van der Waals surface area contributed by atoms with Gasteiger partial charge in [-0.3, -0.25) is 4.79 Å². The summed E-state index contributed by atoms with van der Waals surface area (Å²) in [5.41, 5.74) is 0.447. The van der Waals surface area contributed by atoms with E-state index in [1.807, 2.05) is 24.3 Å². The van der Waals surface area contributed by atoms with E-state index in [-0.39, 0.29) is 18.3 Å². The van der Waals surface area contributed by atoms with Crippen LogP contribution < -0.4 is 19.5 Å². The van der Waals surface area contributed by atoms with E-state index in [2.05, 4.69) is 10.2 Å². The fourth-order valence-electron chi connectivity index (χ4n) is 3.78. The Bertz CT molecular complexity index is 1080. The molecule has 4 N–H and O–H groups in total. The summed E-state index contributed by atoms with van der Waals surface area (Å²) < 4.78 is 49.5. The molecule has 0 unspecified atom stereocenters. The van der Waals surface area contributed by atoms with Crippen LogP contribution in [0, 0.1) is 0 Å². The molecule has 2 aromatic rings. The maximum Gasteiger partial charge on any atom is 0.490 e. The number of carbonyl (C=O) groups is 2. The summed E-state index contributed by atoms with van der Waals surface area (Å²) in [6.45, 7) is 3.33. The van der Waals surface area contributed by atoms with Crippen LogP contribution in [0.5, 0.6) is 23.0 Å². The fourth-order valence-corrected chi connectivity index (χ4v) is 3.78. The first-order chi connectivity index (χ1) is 17.4. The number of amides is 1. The number of nitrogens with one attached hydrogen (secondary N) is 1. The minimum Gasteiger partial charge on any atom is -0.508 e. The zero-order chi connectivity index (χ0) is 27.2. The predicted molar refractivity (Wildman–Crippen MR) is 124 cm³/mol. The highest BCUT2D eigenvalue weighted by atomic mass is 19.4. The Kier molecular flexibility index (Phi) is 8.71. The Morgan fingerprint density at radius 2 is 1.70 bits per heavy atom. The van der Waals surface area contributed by atoms with Crippen molar-refractivity contribution in [2.24, 2.45) is 0 Å². The first kappa shape index (κ1) is 27.9. The molecule has 37 heavy (non-hydrogen) atoms. The Labute approximate surface area is 210 Å². The van der Waals surface area contributed by atoms with Crippen LogP contribution >= 0.6 is 0 Å². The lowest BCUT2D eigenvalue weighted by Crippen LogP contribution is -2.51. The number of aliphatic hydroxyl groups is 1. The number of nitrogens with zero attached hydrogens (tertiary/aromatic N) is 1. The van der Waals surface area contributed by atoms with E-state index in [1.165, 1.54) is 19.1 Å². The number of fused-ring (bicyclic) bond motifs is 1. The monoisotopic (exact) mass is 528 g/mol.